The third-order valence-corrected chi connectivity index (χ3v) is 6.77. The van der Waals surface area contributed by atoms with Gasteiger partial charge in [-0.1, -0.05) is 6.07 Å². The molecule has 0 spiro atoms. The molecule has 2 aliphatic rings. The lowest BCUT2D eigenvalue weighted by Crippen LogP contribution is -2.26. The Morgan fingerprint density at radius 2 is 1.97 bits per heavy atom. The van der Waals surface area contributed by atoms with Gasteiger partial charge >= 0.3 is 0 Å². The first kappa shape index (κ1) is 20.0. The molecule has 7 nitrogen and oxygen atoms in total. The molecule has 1 saturated carbocycles. The maximum absolute atomic E-state index is 9.78. The van der Waals surface area contributed by atoms with Crippen molar-refractivity contribution in [1.82, 2.24) is 19.7 Å². The van der Waals surface area contributed by atoms with Crippen molar-refractivity contribution >= 4 is 11.0 Å². The summed E-state index contributed by atoms with van der Waals surface area (Å²) >= 11 is 0. The Morgan fingerprint density at radius 3 is 2.76 bits per heavy atom. The number of nitriles is 1. The van der Waals surface area contributed by atoms with Crippen molar-refractivity contribution in [1.29, 1.82) is 5.26 Å². The molecular formula is C26H25N5O2. The van der Waals surface area contributed by atoms with Crippen LogP contribution in [0.25, 0.3) is 33.4 Å². The monoisotopic (exact) mass is 439 g/mol. The minimum Gasteiger partial charge on any atom is -0.489 e. The van der Waals surface area contributed by atoms with Crippen molar-refractivity contribution in [3.05, 3.63) is 54.5 Å². The smallest absolute Gasteiger partial charge is 0.138 e. The fourth-order valence-corrected chi connectivity index (χ4v) is 4.62. The molecule has 0 unspecified atom stereocenters. The first-order chi connectivity index (χ1) is 16.3. The van der Waals surface area contributed by atoms with Gasteiger partial charge in [0.05, 0.1) is 36.7 Å². The number of aromatic amines is 1. The summed E-state index contributed by atoms with van der Waals surface area (Å²) in [6.45, 7) is 1.41. The van der Waals surface area contributed by atoms with E-state index >= 15 is 0 Å². The third-order valence-electron chi connectivity index (χ3n) is 6.77. The highest BCUT2D eigenvalue weighted by Gasteiger charge is 2.21. The highest BCUT2D eigenvalue weighted by molar-refractivity contribution is 5.96. The quantitative estimate of drug-likeness (QED) is 0.459. The van der Waals surface area contributed by atoms with Crippen LogP contribution in [0.4, 0.5) is 0 Å². The van der Waals surface area contributed by atoms with Crippen molar-refractivity contribution in [3.8, 4) is 34.2 Å². The molecule has 0 radical (unpaired) electrons. The van der Waals surface area contributed by atoms with Crippen LogP contribution in [0.1, 0.15) is 43.7 Å². The van der Waals surface area contributed by atoms with Gasteiger partial charge < -0.3 is 14.5 Å². The molecule has 33 heavy (non-hydrogen) atoms. The van der Waals surface area contributed by atoms with Gasteiger partial charge in [-0.05, 0) is 54.7 Å². The van der Waals surface area contributed by atoms with E-state index in [4.69, 9.17) is 9.47 Å². The summed E-state index contributed by atoms with van der Waals surface area (Å²) in [6.07, 6.45) is 11.3. The first-order valence-corrected chi connectivity index (χ1v) is 11.6. The molecule has 4 aromatic rings. The zero-order chi connectivity index (χ0) is 22.2. The van der Waals surface area contributed by atoms with Gasteiger partial charge in [0, 0.05) is 36.2 Å². The SMILES string of the molecule is N#Cc1cc(-c2ccnc3[nH]c(-c4cnn(C5CCC5)c4)cc23)ccc1OC1CCOCC1. The largest absolute Gasteiger partial charge is 0.489 e. The summed E-state index contributed by atoms with van der Waals surface area (Å²) in [5.41, 5.74) is 5.41. The molecule has 3 aromatic heterocycles. The molecule has 6 rings (SSSR count). The van der Waals surface area contributed by atoms with Gasteiger partial charge in [0.25, 0.3) is 0 Å². The summed E-state index contributed by atoms with van der Waals surface area (Å²) in [5, 5.41) is 15.4. The van der Waals surface area contributed by atoms with E-state index in [9.17, 15) is 5.26 Å². The van der Waals surface area contributed by atoms with E-state index in [0.717, 1.165) is 46.3 Å². The second-order valence-corrected chi connectivity index (χ2v) is 8.85. The second kappa shape index (κ2) is 8.38. The van der Waals surface area contributed by atoms with E-state index in [0.29, 0.717) is 30.6 Å². The highest BCUT2D eigenvalue weighted by atomic mass is 16.5. The number of benzene rings is 1. The van der Waals surface area contributed by atoms with Crippen molar-refractivity contribution < 1.29 is 9.47 Å². The Kier molecular flexibility index (Phi) is 5.08. The van der Waals surface area contributed by atoms with Crippen LogP contribution < -0.4 is 4.74 Å². The predicted octanol–water partition coefficient (Wildman–Crippen LogP) is 5.25. The minimum absolute atomic E-state index is 0.0948. The number of nitrogens with zero attached hydrogens (tertiary/aromatic N) is 4. The van der Waals surface area contributed by atoms with E-state index in [2.05, 4.69) is 38.1 Å². The molecule has 1 N–H and O–H groups in total. The zero-order valence-electron chi connectivity index (χ0n) is 18.3. The second-order valence-electron chi connectivity index (χ2n) is 8.85. The lowest BCUT2D eigenvalue weighted by atomic mass is 9.93. The van der Waals surface area contributed by atoms with Crippen molar-refractivity contribution in [2.45, 2.75) is 44.2 Å². The number of ether oxygens (including phenoxy) is 2. The number of pyridine rings is 1. The number of hydrogen-bond donors (Lipinski definition) is 1. The molecule has 1 aromatic carbocycles. The summed E-state index contributed by atoms with van der Waals surface area (Å²) in [6, 6.07) is 12.8. The number of rotatable bonds is 5. The van der Waals surface area contributed by atoms with Crippen molar-refractivity contribution in [2.75, 3.05) is 13.2 Å². The van der Waals surface area contributed by atoms with Crippen LogP contribution in [0.2, 0.25) is 0 Å². The molecule has 1 saturated heterocycles. The number of hydrogen-bond acceptors (Lipinski definition) is 5. The molecule has 0 amide bonds. The average molecular weight is 440 g/mol. The standard InChI is InChI=1S/C26H25N5O2/c27-14-18-12-17(4-5-25(18)33-21-7-10-32-11-8-21)22-6-9-28-26-23(22)13-24(30-26)19-15-29-31(16-19)20-2-1-3-20/h4-6,9,12-13,15-16,20-21H,1-3,7-8,10-11H2,(H,28,30). The van der Waals surface area contributed by atoms with E-state index in [1.807, 2.05) is 30.5 Å². The maximum Gasteiger partial charge on any atom is 0.138 e. The lowest BCUT2D eigenvalue weighted by Gasteiger charge is -2.25. The molecule has 0 atom stereocenters. The fourth-order valence-electron chi connectivity index (χ4n) is 4.62. The zero-order valence-corrected chi connectivity index (χ0v) is 18.3. The van der Waals surface area contributed by atoms with Gasteiger partial charge in [-0.2, -0.15) is 10.4 Å². The lowest BCUT2D eigenvalue weighted by molar-refractivity contribution is 0.0254. The number of fused-ring (bicyclic) bond motifs is 1. The summed E-state index contributed by atoms with van der Waals surface area (Å²) < 4.78 is 13.6. The summed E-state index contributed by atoms with van der Waals surface area (Å²) in [5.74, 6) is 0.636. The molecule has 1 aliphatic carbocycles. The number of H-pyrrole nitrogens is 1. The minimum atomic E-state index is 0.0948. The van der Waals surface area contributed by atoms with Gasteiger partial charge in [0.1, 0.15) is 23.6 Å². The van der Waals surface area contributed by atoms with Gasteiger partial charge in [-0.3, -0.25) is 4.68 Å². The summed E-state index contributed by atoms with van der Waals surface area (Å²) in [7, 11) is 0. The van der Waals surface area contributed by atoms with Crippen LogP contribution in [0.3, 0.4) is 0 Å². The Hall–Kier alpha value is -3.63. The normalized spacial score (nSPS) is 17.1. The molecular weight excluding hydrogens is 414 g/mol. The molecule has 1 aliphatic heterocycles. The van der Waals surface area contributed by atoms with Crippen LogP contribution in [0, 0.1) is 11.3 Å². The van der Waals surface area contributed by atoms with Crippen LogP contribution in [-0.2, 0) is 4.74 Å². The van der Waals surface area contributed by atoms with Crippen molar-refractivity contribution in [3.63, 3.8) is 0 Å². The number of nitrogens with one attached hydrogen (secondary N) is 1. The van der Waals surface area contributed by atoms with E-state index in [-0.39, 0.29) is 6.10 Å². The highest BCUT2D eigenvalue weighted by Crippen LogP contribution is 2.35. The van der Waals surface area contributed by atoms with E-state index in [1.54, 1.807) is 6.20 Å². The Bertz CT molecular complexity index is 1340. The molecule has 166 valence electrons. The average Bonchev–Trinajstić information content (AvgIpc) is 3.46. The Labute approximate surface area is 192 Å². The Morgan fingerprint density at radius 1 is 1.09 bits per heavy atom. The van der Waals surface area contributed by atoms with E-state index in [1.165, 1.54) is 19.3 Å². The summed E-state index contributed by atoms with van der Waals surface area (Å²) in [4.78, 5) is 7.97. The third kappa shape index (κ3) is 3.77. The van der Waals surface area contributed by atoms with Gasteiger partial charge in [-0.15, -0.1) is 0 Å². The maximum atomic E-state index is 9.78. The van der Waals surface area contributed by atoms with Crippen LogP contribution in [-0.4, -0.2) is 39.1 Å². The van der Waals surface area contributed by atoms with Crippen LogP contribution in [0.15, 0.2) is 48.9 Å². The molecule has 0 bridgehead atoms. The predicted molar refractivity (Wildman–Crippen MR) is 125 cm³/mol. The van der Waals surface area contributed by atoms with E-state index < -0.39 is 0 Å². The molecule has 7 heteroatoms. The fraction of sp³-hybridized carbons (Fsp3) is 0.346. The number of aromatic nitrogens is 4. The molecule has 4 heterocycles. The first-order valence-electron chi connectivity index (χ1n) is 11.6. The van der Waals surface area contributed by atoms with Crippen LogP contribution >= 0.6 is 0 Å². The topological polar surface area (TPSA) is 88.8 Å². The van der Waals surface area contributed by atoms with Gasteiger partial charge in [-0.25, -0.2) is 4.98 Å². The Balaban J connectivity index is 1.33. The van der Waals surface area contributed by atoms with Crippen LogP contribution in [0.5, 0.6) is 5.75 Å². The van der Waals surface area contributed by atoms with Crippen molar-refractivity contribution in [2.24, 2.45) is 0 Å². The van der Waals surface area contributed by atoms with Gasteiger partial charge in [0.15, 0.2) is 0 Å². The van der Waals surface area contributed by atoms with Gasteiger partial charge in [0.2, 0.25) is 0 Å². The molecule has 2 fully saturated rings.